The molecule has 0 bridgehead atoms. The quantitative estimate of drug-likeness (QED) is 0.110. The molecule has 0 amide bonds. The van der Waals surface area contributed by atoms with Crippen LogP contribution in [-0.2, 0) is 30.1 Å². The maximum Gasteiger partial charge on any atom is 0.166 e. The Kier molecular flexibility index (Phi) is 7.61. The molecule has 0 saturated heterocycles. The molecule has 2 aliphatic rings. The zero-order valence-corrected chi connectivity index (χ0v) is 27.6. The highest BCUT2D eigenvalue weighted by Gasteiger charge is 2.40. The standard InChI is InChI=1S/C35H34N5OPS2/c1-35(2)28-14-8-9-15-29(28)40(3)31(35)22-42(43,26-11-5-4-6-12-26)41-25-19-17-24(18-20-25)21-38-39-33-32-27-13-7-10-16-30(27)44-34(32)37-23-36-33/h4-6,8-9,11-12,14-15,17-23H,7,10,13,16H2,1-3H3,(H,36,37,39). The minimum absolute atomic E-state index is 0.196. The van der Waals surface area contributed by atoms with Crippen LogP contribution in [0.1, 0.15) is 48.3 Å². The van der Waals surface area contributed by atoms with Crippen molar-refractivity contribution in [3.05, 3.63) is 118 Å². The molecule has 6 nitrogen and oxygen atoms in total. The Morgan fingerprint density at radius 1 is 0.977 bits per heavy atom. The first-order chi connectivity index (χ1) is 21.3. The normalized spacial score (nSPS) is 17.9. The highest BCUT2D eigenvalue weighted by Crippen LogP contribution is 2.55. The van der Waals surface area contributed by atoms with Crippen LogP contribution in [0.15, 0.2) is 102 Å². The van der Waals surface area contributed by atoms with Gasteiger partial charge in [-0.15, -0.1) is 11.3 Å². The van der Waals surface area contributed by atoms with Gasteiger partial charge in [-0.1, -0.05) is 62.4 Å². The Balaban J connectivity index is 1.14. The van der Waals surface area contributed by atoms with Gasteiger partial charge in [0, 0.05) is 39.8 Å². The van der Waals surface area contributed by atoms with Crippen LogP contribution in [0.25, 0.3) is 10.2 Å². The number of allylic oxidation sites excluding steroid dienone is 1. The third-order valence-corrected chi connectivity index (χ3v) is 13.1. The Morgan fingerprint density at radius 3 is 2.52 bits per heavy atom. The minimum Gasteiger partial charge on any atom is -0.458 e. The predicted molar refractivity (Wildman–Crippen MR) is 189 cm³/mol. The van der Waals surface area contributed by atoms with Gasteiger partial charge in [-0.2, -0.15) is 5.10 Å². The molecule has 1 atom stereocenters. The molecule has 9 heteroatoms. The van der Waals surface area contributed by atoms with Gasteiger partial charge in [-0.25, -0.2) is 9.97 Å². The highest BCUT2D eigenvalue weighted by molar-refractivity contribution is 8.17. The zero-order chi connectivity index (χ0) is 30.3. The number of likely N-dealkylation sites (N-methyl/N-ethyl adjacent to an activating group) is 1. The molecule has 2 aromatic heterocycles. The van der Waals surface area contributed by atoms with Crippen molar-refractivity contribution in [1.82, 2.24) is 9.97 Å². The van der Waals surface area contributed by atoms with Crippen LogP contribution in [0.5, 0.6) is 5.75 Å². The third-order valence-electron chi connectivity index (χ3n) is 8.61. The van der Waals surface area contributed by atoms with Crippen molar-refractivity contribution in [2.75, 3.05) is 17.4 Å². The van der Waals surface area contributed by atoms with E-state index in [1.54, 1.807) is 23.9 Å². The number of thiophene rings is 1. The molecule has 0 spiro atoms. The van der Waals surface area contributed by atoms with E-state index in [4.69, 9.17) is 16.3 Å². The zero-order valence-electron chi connectivity index (χ0n) is 25.0. The molecule has 1 N–H and O–H groups in total. The summed E-state index contributed by atoms with van der Waals surface area (Å²) >= 11 is 8.21. The molecule has 44 heavy (non-hydrogen) atoms. The average molecular weight is 636 g/mol. The Bertz CT molecular complexity index is 1950. The number of nitrogens with zero attached hydrogens (tertiary/aromatic N) is 4. The van der Waals surface area contributed by atoms with E-state index in [0.717, 1.165) is 51.2 Å². The third kappa shape index (κ3) is 5.25. The van der Waals surface area contributed by atoms with Crippen LogP contribution in [0.2, 0.25) is 0 Å². The Hall–Kier alpha value is -3.84. The number of hydrogen-bond donors (Lipinski definition) is 1. The van der Waals surface area contributed by atoms with Crippen LogP contribution < -0.4 is 20.2 Å². The second kappa shape index (κ2) is 11.6. The van der Waals surface area contributed by atoms with Crippen molar-refractivity contribution in [1.29, 1.82) is 0 Å². The maximum absolute atomic E-state index is 6.76. The largest absolute Gasteiger partial charge is 0.458 e. The molecule has 1 aliphatic heterocycles. The van der Waals surface area contributed by atoms with E-state index in [0.29, 0.717) is 0 Å². The van der Waals surface area contributed by atoms with E-state index in [-0.39, 0.29) is 5.41 Å². The SMILES string of the molecule is CN1C(=CP(=S)(Oc2ccc(C=NNc3ncnc4sc5c(c34)CCCC5)cc2)c2ccccc2)C(C)(C)c2ccccc21. The summed E-state index contributed by atoms with van der Waals surface area (Å²) in [5.41, 5.74) is 8.97. The average Bonchev–Trinajstić information content (AvgIpc) is 3.52. The predicted octanol–water partition coefficient (Wildman–Crippen LogP) is 8.38. The van der Waals surface area contributed by atoms with Crippen molar-refractivity contribution in [3.63, 3.8) is 0 Å². The van der Waals surface area contributed by atoms with Gasteiger partial charge in [0.15, 0.2) is 12.1 Å². The fourth-order valence-electron chi connectivity index (χ4n) is 6.29. The molecule has 0 saturated carbocycles. The van der Waals surface area contributed by atoms with E-state index < -0.39 is 6.26 Å². The van der Waals surface area contributed by atoms with Gasteiger partial charge >= 0.3 is 0 Å². The maximum atomic E-state index is 6.76. The summed E-state index contributed by atoms with van der Waals surface area (Å²) in [5.74, 6) is 3.71. The summed E-state index contributed by atoms with van der Waals surface area (Å²) in [6.07, 6.45) is 5.46. The van der Waals surface area contributed by atoms with Crippen molar-refractivity contribution in [2.45, 2.75) is 44.9 Å². The number of aryl methyl sites for hydroxylation is 2. The number of nitrogens with one attached hydrogen (secondary N) is 1. The first-order valence-electron chi connectivity index (χ1n) is 14.9. The lowest BCUT2D eigenvalue weighted by atomic mass is 9.84. The fourth-order valence-corrected chi connectivity index (χ4v) is 10.6. The lowest BCUT2D eigenvalue weighted by molar-refractivity contribution is 0.619. The van der Waals surface area contributed by atoms with Gasteiger partial charge in [0.2, 0.25) is 0 Å². The molecule has 0 radical (unpaired) electrons. The molecule has 3 heterocycles. The smallest absolute Gasteiger partial charge is 0.166 e. The van der Waals surface area contributed by atoms with Crippen LogP contribution in [0.4, 0.5) is 11.5 Å². The second-order valence-corrected chi connectivity index (χ2v) is 16.7. The molecule has 0 fully saturated rings. The lowest BCUT2D eigenvalue weighted by Gasteiger charge is -2.28. The van der Waals surface area contributed by atoms with Crippen molar-refractivity contribution < 1.29 is 4.52 Å². The first kappa shape index (κ1) is 28.9. The number of aromatic nitrogens is 2. The van der Waals surface area contributed by atoms with Gasteiger partial charge in [-0.05, 0) is 84.5 Å². The molecular weight excluding hydrogens is 602 g/mol. The number of fused-ring (bicyclic) bond motifs is 4. The Labute approximate surface area is 267 Å². The Morgan fingerprint density at radius 2 is 1.73 bits per heavy atom. The molecule has 3 aromatic carbocycles. The van der Waals surface area contributed by atoms with Crippen molar-refractivity contribution in [3.8, 4) is 5.75 Å². The molecule has 1 aliphatic carbocycles. The highest BCUT2D eigenvalue weighted by atomic mass is 32.4. The number of rotatable bonds is 7. The van der Waals surface area contributed by atoms with E-state index >= 15 is 0 Å². The first-order valence-corrected chi connectivity index (χ1v) is 18.5. The van der Waals surface area contributed by atoms with Crippen LogP contribution >= 0.6 is 17.6 Å². The van der Waals surface area contributed by atoms with E-state index in [1.165, 1.54) is 34.5 Å². The number of benzene rings is 3. The molecule has 1 unspecified atom stereocenters. The topological polar surface area (TPSA) is 62.6 Å². The minimum atomic E-state index is -2.62. The molecule has 222 valence electrons. The number of hydrogen-bond acceptors (Lipinski definition) is 8. The molecule has 7 rings (SSSR count). The van der Waals surface area contributed by atoms with Gasteiger partial charge in [0.05, 0.1) is 11.6 Å². The van der Waals surface area contributed by atoms with Gasteiger partial charge < -0.3 is 9.42 Å². The molecular formula is C35H34N5OPS2. The second-order valence-electron chi connectivity index (χ2n) is 11.8. The summed E-state index contributed by atoms with van der Waals surface area (Å²) in [4.78, 5) is 13.8. The van der Waals surface area contributed by atoms with Crippen molar-refractivity contribution in [2.24, 2.45) is 5.10 Å². The molecule has 5 aromatic rings. The van der Waals surface area contributed by atoms with Gasteiger partial charge in [-0.3, -0.25) is 5.43 Å². The summed E-state index contributed by atoms with van der Waals surface area (Å²) in [7, 11) is 2.12. The summed E-state index contributed by atoms with van der Waals surface area (Å²) in [5, 5.41) is 6.66. The summed E-state index contributed by atoms with van der Waals surface area (Å²) < 4.78 is 6.76. The number of hydrazone groups is 1. The lowest BCUT2D eigenvalue weighted by Crippen LogP contribution is -2.24. The van der Waals surface area contributed by atoms with Crippen LogP contribution in [0, 0.1) is 0 Å². The van der Waals surface area contributed by atoms with E-state index in [2.05, 4.69) is 88.5 Å². The van der Waals surface area contributed by atoms with Gasteiger partial charge in [0.1, 0.15) is 16.9 Å². The van der Waals surface area contributed by atoms with Crippen LogP contribution in [-0.4, -0.2) is 23.2 Å². The van der Waals surface area contributed by atoms with Crippen molar-refractivity contribution >= 4 is 62.6 Å². The number of anilines is 2. The summed E-state index contributed by atoms with van der Waals surface area (Å²) in [6.45, 7) is 4.52. The van der Waals surface area contributed by atoms with E-state index in [9.17, 15) is 0 Å². The van der Waals surface area contributed by atoms with Crippen LogP contribution in [0.3, 0.4) is 0 Å². The fraction of sp³-hybridized carbons (Fsp3) is 0.229. The van der Waals surface area contributed by atoms with E-state index in [1.807, 2.05) is 42.5 Å². The monoisotopic (exact) mass is 635 g/mol. The summed E-state index contributed by atoms with van der Waals surface area (Å²) in [6, 6.07) is 26.7. The van der Waals surface area contributed by atoms with Gasteiger partial charge in [0.25, 0.3) is 0 Å². The number of para-hydroxylation sites is 1.